The van der Waals surface area contributed by atoms with Crippen LogP contribution in [0.25, 0.3) is 0 Å². The molecule has 1 aliphatic rings. The van der Waals surface area contributed by atoms with E-state index in [0.29, 0.717) is 6.54 Å². The number of carbonyl (C=O) groups is 2. The zero-order valence-electron chi connectivity index (χ0n) is 12.6. The predicted octanol–water partition coefficient (Wildman–Crippen LogP) is 2.21. The number of aromatic nitrogens is 1. The first-order valence-electron chi connectivity index (χ1n) is 7.25. The number of nitrogens with one attached hydrogen (secondary N) is 1. The van der Waals surface area contributed by atoms with Crippen LogP contribution in [0.1, 0.15) is 33.6 Å². The van der Waals surface area contributed by atoms with Crippen molar-refractivity contribution in [3.8, 4) is 0 Å². The van der Waals surface area contributed by atoms with Crippen LogP contribution < -0.4 is 10.2 Å². The van der Waals surface area contributed by atoms with Crippen molar-refractivity contribution in [2.75, 3.05) is 11.4 Å². The minimum absolute atomic E-state index is 0.00116. The zero-order valence-corrected chi connectivity index (χ0v) is 13.4. The van der Waals surface area contributed by atoms with Crippen molar-refractivity contribution in [1.82, 2.24) is 10.3 Å². The van der Waals surface area contributed by atoms with Gasteiger partial charge in [0, 0.05) is 25.2 Å². The van der Waals surface area contributed by atoms with Crippen LogP contribution in [0.4, 0.5) is 5.69 Å². The Morgan fingerprint density at radius 2 is 2.29 bits per heavy atom. The van der Waals surface area contributed by atoms with Gasteiger partial charge in [0.25, 0.3) is 0 Å². The molecule has 114 valence electrons. The van der Waals surface area contributed by atoms with Gasteiger partial charge in [-0.2, -0.15) is 0 Å². The van der Waals surface area contributed by atoms with E-state index in [9.17, 15) is 9.59 Å². The fraction of sp³-hybridized carbons (Fsp3) is 0.533. The smallest absolute Gasteiger partial charge is 0.241 e. The molecule has 1 atom stereocenters. The van der Waals surface area contributed by atoms with E-state index in [1.807, 2.05) is 32.9 Å². The summed E-state index contributed by atoms with van der Waals surface area (Å²) in [5.74, 6) is -0.0899. The summed E-state index contributed by atoms with van der Waals surface area (Å²) < 4.78 is 0. The first-order chi connectivity index (χ1) is 10.0. The molecule has 0 saturated heterocycles. The highest BCUT2D eigenvalue weighted by Gasteiger charge is 2.35. The van der Waals surface area contributed by atoms with Crippen LogP contribution in [-0.4, -0.2) is 34.6 Å². The third-order valence-electron chi connectivity index (χ3n) is 3.10. The third-order valence-corrected chi connectivity index (χ3v) is 4.30. The molecule has 1 N–H and O–H groups in total. The summed E-state index contributed by atoms with van der Waals surface area (Å²) in [5, 5.41) is 3.27. The summed E-state index contributed by atoms with van der Waals surface area (Å²) in [7, 11) is 0. The Morgan fingerprint density at radius 1 is 1.52 bits per heavy atom. The molecule has 1 unspecified atom stereocenters. The second-order valence-electron chi connectivity index (χ2n) is 5.35. The maximum atomic E-state index is 12.6. The van der Waals surface area contributed by atoms with E-state index >= 15 is 0 Å². The fourth-order valence-electron chi connectivity index (χ4n) is 2.29. The lowest BCUT2D eigenvalue weighted by Gasteiger charge is -2.32. The van der Waals surface area contributed by atoms with E-state index in [1.165, 1.54) is 11.8 Å². The van der Waals surface area contributed by atoms with Crippen molar-refractivity contribution in [2.45, 2.75) is 49.9 Å². The molecule has 6 heteroatoms. The van der Waals surface area contributed by atoms with Crippen molar-refractivity contribution in [1.29, 1.82) is 0 Å². The van der Waals surface area contributed by atoms with Gasteiger partial charge in [-0.15, -0.1) is 0 Å². The normalized spacial score (nSPS) is 17.8. The first-order valence-corrected chi connectivity index (χ1v) is 8.13. The number of amides is 2. The Kier molecular flexibility index (Phi) is 5.22. The van der Waals surface area contributed by atoms with Gasteiger partial charge in [-0.25, -0.2) is 4.98 Å². The van der Waals surface area contributed by atoms with E-state index < -0.39 is 5.25 Å². The number of pyridine rings is 1. The van der Waals surface area contributed by atoms with Gasteiger partial charge in [0.1, 0.15) is 5.03 Å². The number of carbonyl (C=O) groups excluding carboxylic acids is 2. The second-order valence-corrected chi connectivity index (χ2v) is 6.54. The molecule has 5 nitrogen and oxygen atoms in total. The van der Waals surface area contributed by atoms with Gasteiger partial charge in [0.2, 0.25) is 11.8 Å². The highest BCUT2D eigenvalue weighted by atomic mass is 32.2. The Morgan fingerprint density at radius 3 is 2.95 bits per heavy atom. The first kappa shape index (κ1) is 15.8. The molecule has 0 spiro atoms. The molecule has 0 aromatic carbocycles. The van der Waals surface area contributed by atoms with Crippen LogP contribution in [0.15, 0.2) is 23.4 Å². The molecule has 0 radical (unpaired) electrons. The molecular formula is C15H21N3O2S. The highest BCUT2D eigenvalue weighted by Crippen LogP contribution is 2.38. The maximum absolute atomic E-state index is 12.6. The fourth-order valence-corrected chi connectivity index (χ4v) is 3.44. The number of anilines is 1. The molecule has 2 heterocycles. The van der Waals surface area contributed by atoms with Gasteiger partial charge in [-0.1, -0.05) is 18.7 Å². The van der Waals surface area contributed by atoms with Crippen LogP contribution in [0, 0.1) is 0 Å². The average Bonchev–Trinajstić information content (AvgIpc) is 2.42. The summed E-state index contributed by atoms with van der Waals surface area (Å²) in [6.07, 6.45) is 2.78. The van der Waals surface area contributed by atoms with Crippen LogP contribution in [0.3, 0.4) is 0 Å². The molecule has 1 aromatic rings. The van der Waals surface area contributed by atoms with Crippen LogP contribution >= 0.6 is 11.8 Å². The third kappa shape index (κ3) is 3.75. The van der Waals surface area contributed by atoms with Crippen molar-refractivity contribution in [3.63, 3.8) is 0 Å². The molecule has 0 aliphatic carbocycles. The Balaban J connectivity index is 2.18. The van der Waals surface area contributed by atoms with Gasteiger partial charge in [0.15, 0.2) is 0 Å². The molecular weight excluding hydrogens is 286 g/mol. The van der Waals surface area contributed by atoms with Gasteiger partial charge >= 0.3 is 0 Å². The van der Waals surface area contributed by atoms with E-state index in [-0.39, 0.29) is 24.3 Å². The molecule has 0 fully saturated rings. The number of hydrogen-bond acceptors (Lipinski definition) is 4. The Hall–Kier alpha value is -1.56. The molecule has 2 rings (SSSR count). The minimum atomic E-state index is -0.391. The topological polar surface area (TPSA) is 62.3 Å². The lowest BCUT2D eigenvalue weighted by Crippen LogP contribution is -2.44. The highest BCUT2D eigenvalue weighted by molar-refractivity contribution is 8.00. The number of thioether (sulfide) groups is 1. The van der Waals surface area contributed by atoms with E-state index in [4.69, 9.17) is 0 Å². The van der Waals surface area contributed by atoms with Crippen molar-refractivity contribution >= 4 is 29.3 Å². The van der Waals surface area contributed by atoms with Crippen molar-refractivity contribution in [3.05, 3.63) is 18.3 Å². The van der Waals surface area contributed by atoms with Gasteiger partial charge in [0.05, 0.1) is 10.9 Å². The zero-order chi connectivity index (χ0) is 15.4. The van der Waals surface area contributed by atoms with Gasteiger partial charge < -0.3 is 10.2 Å². The minimum Gasteiger partial charge on any atom is -0.354 e. The lowest BCUT2D eigenvalue weighted by atomic mass is 10.2. The number of nitrogens with zero attached hydrogens (tertiary/aromatic N) is 2. The van der Waals surface area contributed by atoms with Crippen molar-refractivity contribution < 1.29 is 9.59 Å². The largest absolute Gasteiger partial charge is 0.354 e. The summed E-state index contributed by atoms with van der Waals surface area (Å²) in [5.41, 5.74) is 0.856. The molecule has 0 bridgehead atoms. The van der Waals surface area contributed by atoms with Gasteiger partial charge in [-0.3, -0.25) is 9.59 Å². The van der Waals surface area contributed by atoms with E-state index in [2.05, 4.69) is 10.3 Å². The van der Waals surface area contributed by atoms with Crippen LogP contribution in [-0.2, 0) is 9.59 Å². The lowest BCUT2D eigenvalue weighted by molar-refractivity contribution is -0.125. The van der Waals surface area contributed by atoms with Crippen molar-refractivity contribution in [2.24, 2.45) is 0 Å². The number of rotatable bonds is 5. The summed E-state index contributed by atoms with van der Waals surface area (Å²) in [4.78, 5) is 30.6. The number of fused-ring (bicyclic) bond motifs is 1. The monoisotopic (exact) mass is 307 g/mol. The Labute approximate surface area is 129 Å². The predicted molar refractivity (Wildman–Crippen MR) is 84.4 cm³/mol. The van der Waals surface area contributed by atoms with E-state index in [0.717, 1.165) is 17.1 Å². The molecule has 21 heavy (non-hydrogen) atoms. The quantitative estimate of drug-likeness (QED) is 0.906. The average molecular weight is 307 g/mol. The summed E-state index contributed by atoms with van der Waals surface area (Å²) in [6, 6.07) is 3.83. The Bertz CT molecular complexity index is 533. The molecule has 1 aliphatic heterocycles. The van der Waals surface area contributed by atoms with Gasteiger partial charge in [-0.05, 0) is 32.4 Å². The molecule has 2 amide bonds. The molecule has 1 aromatic heterocycles. The standard InChI is InChI=1S/C15H21N3O2S/c1-4-8-18-11-6-5-7-16-14(11)21-12(15(18)20)9-13(19)17-10(2)3/h5-7,10,12H,4,8-9H2,1-3H3,(H,17,19). The maximum Gasteiger partial charge on any atom is 0.241 e. The summed E-state index contributed by atoms with van der Waals surface area (Å²) in [6.45, 7) is 6.51. The molecule has 0 saturated carbocycles. The summed E-state index contributed by atoms with van der Waals surface area (Å²) >= 11 is 1.39. The second kappa shape index (κ2) is 6.93. The van der Waals surface area contributed by atoms with Crippen LogP contribution in [0.5, 0.6) is 0 Å². The SMILES string of the molecule is CCCN1C(=O)C(CC(=O)NC(C)C)Sc2ncccc21. The van der Waals surface area contributed by atoms with E-state index in [1.54, 1.807) is 11.1 Å². The number of hydrogen-bond donors (Lipinski definition) is 1. The van der Waals surface area contributed by atoms with Crippen LogP contribution in [0.2, 0.25) is 0 Å².